The molecule has 2 aromatic rings. The number of carbonyl (C=O) groups excluding carboxylic acids is 2. The van der Waals surface area contributed by atoms with Gasteiger partial charge in [0.15, 0.2) is 4.84 Å². The van der Waals surface area contributed by atoms with Gasteiger partial charge in [-0.1, -0.05) is 59.6 Å². The summed E-state index contributed by atoms with van der Waals surface area (Å²) in [4.78, 5) is 25.0. The second-order valence-corrected chi connectivity index (χ2v) is 6.65. The molecule has 25 heavy (non-hydrogen) atoms. The largest absolute Gasteiger partial charge is 0.354 e. The Balaban J connectivity index is 2.11. The van der Waals surface area contributed by atoms with Crippen LogP contribution in [0.15, 0.2) is 54.6 Å². The highest BCUT2D eigenvalue weighted by molar-refractivity contribution is 6.53. The molecule has 1 N–H and O–H groups in total. The Hall–Kier alpha value is -2.04. The zero-order valence-corrected chi connectivity index (χ0v) is 15.4. The smallest absolute Gasteiger partial charge is 0.258 e. The Morgan fingerprint density at radius 3 is 2.32 bits per heavy atom. The number of anilines is 1. The SMILES string of the molecule is Cc1ccccc1C(=O)N(CCCNC(=O)C(Cl)Cl)c1ccccc1. The monoisotopic (exact) mass is 378 g/mol. The number of aryl methyl sites for hydroxylation is 1. The lowest BCUT2D eigenvalue weighted by atomic mass is 10.1. The number of para-hydroxylation sites is 1. The van der Waals surface area contributed by atoms with E-state index in [9.17, 15) is 9.59 Å². The molecule has 4 nitrogen and oxygen atoms in total. The third-order valence-electron chi connectivity index (χ3n) is 3.74. The molecule has 6 heteroatoms. The van der Waals surface area contributed by atoms with Gasteiger partial charge in [-0.3, -0.25) is 9.59 Å². The lowest BCUT2D eigenvalue weighted by molar-refractivity contribution is -0.119. The topological polar surface area (TPSA) is 49.4 Å². The molecule has 0 saturated heterocycles. The number of rotatable bonds is 7. The minimum atomic E-state index is -1.08. The van der Waals surface area contributed by atoms with E-state index in [1.165, 1.54) is 0 Å². The van der Waals surface area contributed by atoms with Gasteiger partial charge in [0.2, 0.25) is 0 Å². The van der Waals surface area contributed by atoms with E-state index < -0.39 is 10.7 Å². The summed E-state index contributed by atoms with van der Waals surface area (Å²) < 4.78 is 0. The molecule has 0 bridgehead atoms. The Morgan fingerprint density at radius 1 is 1.04 bits per heavy atom. The maximum absolute atomic E-state index is 13.0. The molecule has 0 aliphatic heterocycles. The molecule has 0 atom stereocenters. The molecule has 0 aliphatic rings. The van der Waals surface area contributed by atoms with E-state index in [4.69, 9.17) is 23.2 Å². The molecule has 0 aromatic heterocycles. The normalized spacial score (nSPS) is 10.6. The molecule has 0 radical (unpaired) electrons. The molecule has 0 aliphatic carbocycles. The lowest BCUT2D eigenvalue weighted by Gasteiger charge is -2.24. The van der Waals surface area contributed by atoms with Crippen molar-refractivity contribution in [2.45, 2.75) is 18.2 Å². The van der Waals surface area contributed by atoms with Crippen molar-refractivity contribution in [1.29, 1.82) is 0 Å². The first-order valence-corrected chi connectivity index (χ1v) is 8.86. The highest BCUT2D eigenvalue weighted by Crippen LogP contribution is 2.19. The van der Waals surface area contributed by atoms with Crippen molar-refractivity contribution in [3.8, 4) is 0 Å². The van der Waals surface area contributed by atoms with Crippen molar-refractivity contribution in [2.75, 3.05) is 18.0 Å². The molecule has 2 amide bonds. The predicted molar refractivity (Wildman–Crippen MR) is 102 cm³/mol. The third-order valence-corrected chi connectivity index (χ3v) is 4.14. The van der Waals surface area contributed by atoms with Crippen molar-refractivity contribution in [3.05, 3.63) is 65.7 Å². The van der Waals surface area contributed by atoms with E-state index in [1.807, 2.05) is 61.5 Å². The fraction of sp³-hybridized carbons (Fsp3) is 0.263. The van der Waals surface area contributed by atoms with Crippen molar-refractivity contribution in [3.63, 3.8) is 0 Å². The van der Waals surface area contributed by atoms with Crippen LogP contribution < -0.4 is 10.2 Å². The van der Waals surface area contributed by atoms with Gasteiger partial charge in [-0.2, -0.15) is 0 Å². The zero-order valence-electron chi connectivity index (χ0n) is 13.9. The van der Waals surface area contributed by atoms with E-state index in [2.05, 4.69) is 5.32 Å². The predicted octanol–water partition coefficient (Wildman–Crippen LogP) is 3.95. The second kappa shape index (κ2) is 9.44. The molecular weight excluding hydrogens is 359 g/mol. The van der Waals surface area contributed by atoms with Crippen molar-refractivity contribution < 1.29 is 9.59 Å². The third kappa shape index (κ3) is 5.48. The van der Waals surface area contributed by atoms with Crippen LogP contribution >= 0.6 is 23.2 Å². The van der Waals surface area contributed by atoms with Crippen LogP contribution in [0.25, 0.3) is 0 Å². The summed E-state index contributed by atoms with van der Waals surface area (Å²) in [6.45, 7) is 2.77. The maximum atomic E-state index is 13.0. The van der Waals surface area contributed by atoms with Crippen LogP contribution in [0, 0.1) is 6.92 Å². The number of nitrogens with one attached hydrogen (secondary N) is 1. The fourth-order valence-electron chi connectivity index (χ4n) is 2.44. The minimum absolute atomic E-state index is 0.0665. The Kier molecular flexibility index (Phi) is 7.29. The van der Waals surface area contributed by atoms with Crippen LogP contribution in [0.2, 0.25) is 0 Å². The van der Waals surface area contributed by atoms with E-state index in [0.717, 1.165) is 11.3 Å². The number of benzene rings is 2. The van der Waals surface area contributed by atoms with Crippen LogP contribution in [0.1, 0.15) is 22.3 Å². The van der Waals surface area contributed by atoms with E-state index in [-0.39, 0.29) is 5.91 Å². The van der Waals surface area contributed by atoms with Crippen molar-refractivity contribution in [2.24, 2.45) is 0 Å². The molecule has 2 rings (SSSR count). The first-order chi connectivity index (χ1) is 12.0. The second-order valence-electron chi connectivity index (χ2n) is 5.55. The van der Waals surface area contributed by atoms with Crippen LogP contribution in [-0.2, 0) is 4.79 Å². The quantitative estimate of drug-likeness (QED) is 0.585. The number of nitrogens with zero attached hydrogens (tertiary/aromatic N) is 1. The van der Waals surface area contributed by atoms with Gasteiger partial charge in [0.1, 0.15) is 0 Å². The Morgan fingerprint density at radius 2 is 1.68 bits per heavy atom. The first kappa shape index (κ1) is 19.3. The molecule has 0 saturated carbocycles. The van der Waals surface area contributed by atoms with Gasteiger partial charge >= 0.3 is 0 Å². The molecule has 0 heterocycles. The van der Waals surface area contributed by atoms with E-state index >= 15 is 0 Å². The summed E-state index contributed by atoms with van der Waals surface area (Å²) in [6.07, 6.45) is 0.582. The van der Waals surface area contributed by atoms with Gasteiger partial charge in [0.25, 0.3) is 11.8 Å². The van der Waals surface area contributed by atoms with E-state index in [0.29, 0.717) is 25.1 Å². The summed E-state index contributed by atoms with van der Waals surface area (Å²) in [5.41, 5.74) is 2.40. The molecular formula is C19H20Cl2N2O2. The Labute approximate surface area is 157 Å². The van der Waals surface area contributed by atoms with E-state index in [1.54, 1.807) is 4.90 Å². The van der Waals surface area contributed by atoms with Gasteiger partial charge < -0.3 is 10.2 Å². The number of hydrogen-bond donors (Lipinski definition) is 1. The van der Waals surface area contributed by atoms with Gasteiger partial charge in [-0.25, -0.2) is 0 Å². The molecule has 0 unspecified atom stereocenters. The molecule has 0 fully saturated rings. The van der Waals surface area contributed by atoms with Gasteiger partial charge in [-0.05, 0) is 37.1 Å². The summed E-state index contributed by atoms with van der Waals surface area (Å²) in [5.74, 6) is -0.497. The van der Waals surface area contributed by atoms with Crippen molar-refractivity contribution in [1.82, 2.24) is 5.32 Å². The number of hydrogen-bond acceptors (Lipinski definition) is 2. The summed E-state index contributed by atoms with van der Waals surface area (Å²) in [6, 6.07) is 17.0. The number of alkyl halides is 2. The summed E-state index contributed by atoms with van der Waals surface area (Å²) in [7, 11) is 0. The van der Waals surface area contributed by atoms with Gasteiger partial charge in [0, 0.05) is 24.3 Å². The first-order valence-electron chi connectivity index (χ1n) is 7.99. The Bertz CT molecular complexity index is 720. The standard InChI is InChI=1S/C19H20Cl2N2O2/c1-14-8-5-6-11-16(14)19(25)23(15-9-3-2-4-10-15)13-7-12-22-18(24)17(20)21/h2-6,8-11,17H,7,12-13H2,1H3,(H,22,24). The number of carbonyl (C=O) groups is 2. The van der Waals surface area contributed by atoms with Crippen molar-refractivity contribution >= 4 is 40.7 Å². The highest BCUT2D eigenvalue weighted by Gasteiger charge is 2.19. The minimum Gasteiger partial charge on any atom is -0.354 e. The number of halogens is 2. The fourth-order valence-corrected chi connectivity index (χ4v) is 2.59. The van der Waals surface area contributed by atoms with Crippen LogP contribution in [-0.4, -0.2) is 29.7 Å². The summed E-state index contributed by atoms with van der Waals surface area (Å²) in [5, 5.41) is 2.64. The van der Waals surface area contributed by atoms with Crippen LogP contribution in [0.4, 0.5) is 5.69 Å². The average molecular weight is 379 g/mol. The maximum Gasteiger partial charge on any atom is 0.258 e. The lowest BCUT2D eigenvalue weighted by Crippen LogP contribution is -2.35. The number of amides is 2. The zero-order chi connectivity index (χ0) is 18.2. The van der Waals surface area contributed by atoms with Crippen LogP contribution in [0.3, 0.4) is 0 Å². The van der Waals surface area contributed by atoms with Crippen LogP contribution in [0.5, 0.6) is 0 Å². The van der Waals surface area contributed by atoms with Gasteiger partial charge in [-0.15, -0.1) is 0 Å². The molecule has 132 valence electrons. The average Bonchev–Trinajstić information content (AvgIpc) is 2.62. The van der Waals surface area contributed by atoms with Gasteiger partial charge in [0.05, 0.1) is 0 Å². The highest BCUT2D eigenvalue weighted by atomic mass is 35.5. The molecule has 0 spiro atoms. The molecule has 2 aromatic carbocycles. The summed E-state index contributed by atoms with van der Waals surface area (Å²) >= 11 is 11.0.